The van der Waals surface area contributed by atoms with Crippen LogP contribution in [-0.2, 0) is 13.1 Å². The zero-order valence-corrected chi connectivity index (χ0v) is 13.7. The molecule has 0 unspecified atom stereocenters. The Morgan fingerprint density at radius 2 is 2.00 bits per heavy atom. The molecule has 0 spiro atoms. The third kappa shape index (κ3) is 4.46. The molecule has 1 aromatic carbocycles. The van der Waals surface area contributed by atoms with E-state index in [1.165, 1.54) is 6.33 Å². The van der Waals surface area contributed by atoms with Gasteiger partial charge in [-0.25, -0.2) is 4.98 Å². The quantitative estimate of drug-likeness (QED) is 0.679. The largest absolute Gasteiger partial charge is 0.389 e. The Balaban J connectivity index is 1.73. The topological polar surface area (TPSA) is 104 Å². The minimum absolute atomic E-state index is 0.366. The molecule has 0 atom stereocenters. The number of benzene rings is 1. The Labute approximate surface area is 139 Å². The third-order valence-electron chi connectivity index (χ3n) is 3.31. The SMILES string of the molecule is CC(C)(O)CN(Cc1ccccc1)Cc1nc(-c2ncn[nH]2)no1. The summed E-state index contributed by atoms with van der Waals surface area (Å²) in [6, 6.07) is 10.1. The molecule has 126 valence electrons. The molecule has 2 heterocycles. The van der Waals surface area contributed by atoms with Gasteiger partial charge in [-0.3, -0.25) is 10.00 Å². The van der Waals surface area contributed by atoms with E-state index in [4.69, 9.17) is 4.52 Å². The molecule has 0 fully saturated rings. The molecule has 0 aliphatic carbocycles. The number of aromatic amines is 1. The van der Waals surface area contributed by atoms with E-state index in [9.17, 15) is 5.11 Å². The van der Waals surface area contributed by atoms with Crippen molar-refractivity contribution in [3.05, 3.63) is 48.1 Å². The number of rotatable bonds is 7. The molecule has 8 heteroatoms. The van der Waals surface area contributed by atoms with E-state index in [1.54, 1.807) is 13.8 Å². The lowest BCUT2D eigenvalue weighted by atomic mass is 10.1. The van der Waals surface area contributed by atoms with E-state index >= 15 is 0 Å². The van der Waals surface area contributed by atoms with Crippen molar-refractivity contribution in [1.29, 1.82) is 0 Å². The number of hydrogen-bond donors (Lipinski definition) is 2. The molecule has 24 heavy (non-hydrogen) atoms. The molecule has 2 aromatic heterocycles. The number of hydrogen-bond acceptors (Lipinski definition) is 7. The fourth-order valence-corrected chi connectivity index (χ4v) is 2.48. The van der Waals surface area contributed by atoms with Crippen molar-refractivity contribution < 1.29 is 9.63 Å². The Hall–Kier alpha value is -2.58. The first-order chi connectivity index (χ1) is 11.5. The lowest BCUT2D eigenvalue weighted by Gasteiger charge is -2.27. The van der Waals surface area contributed by atoms with Crippen LogP contribution >= 0.6 is 0 Å². The van der Waals surface area contributed by atoms with E-state index in [2.05, 4.69) is 30.2 Å². The molecule has 8 nitrogen and oxygen atoms in total. The minimum atomic E-state index is -0.831. The van der Waals surface area contributed by atoms with Crippen LogP contribution < -0.4 is 0 Å². The van der Waals surface area contributed by atoms with Crippen LogP contribution in [0.15, 0.2) is 41.2 Å². The van der Waals surface area contributed by atoms with E-state index in [0.29, 0.717) is 37.2 Å². The summed E-state index contributed by atoms with van der Waals surface area (Å²) in [5.74, 6) is 1.29. The fraction of sp³-hybridized carbons (Fsp3) is 0.375. The highest BCUT2D eigenvalue weighted by Crippen LogP contribution is 2.15. The maximum atomic E-state index is 10.2. The second-order valence-corrected chi connectivity index (χ2v) is 6.29. The van der Waals surface area contributed by atoms with Crippen LogP contribution in [0.2, 0.25) is 0 Å². The van der Waals surface area contributed by atoms with Crippen molar-refractivity contribution in [3.8, 4) is 11.6 Å². The molecule has 3 rings (SSSR count). The van der Waals surface area contributed by atoms with Crippen molar-refractivity contribution in [3.63, 3.8) is 0 Å². The number of H-pyrrole nitrogens is 1. The van der Waals surface area contributed by atoms with Crippen molar-refractivity contribution >= 4 is 0 Å². The summed E-state index contributed by atoms with van der Waals surface area (Å²) in [5, 5.41) is 20.5. The predicted octanol–water partition coefficient (Wildman–Crippen LogP) is 1.63. The van der Waals surface area contributed by atoms with Gasteiger partial charge in [0, 0.05) is 13.1 Å². The monoisotopic (exact) mass is 328 g/mol. The van der Waals surface area contributed by atoms with Gasteiger partial charge in [0.25, 0.3) is 0 Å². The molecule has 3 aromatic rings. The molecule has 2 N–H and O–H groups in total. The van der Waals surface area contributed by atoms with Crippen LogP contribution in [0.5, 0.6) is 0 Å². The van der Waals surface area contributed by atoms with E-state index in [0.717, 1.165) is 5.56 Å². The highest BCUT2D eigenvalue weighted by molar-refractivity contribution is 5.39. The lowest BCUT2D eigenvalue weighted by Crippen LogP contribution is -2.38. The minimum Gasteiger partial charge on any atom is -0.389 e. The zero-order valence-electron chi connectivity index (χ0n) is 13.7. The predicted molar refractivity (Wildman–Crippen MR) is 86.5 cm³/mol. The Morgan fingerprint density at radius 1 is 1.21 bits per heavy atom. The maximum Gasteiger partial charge on any atom is 0.241 e. The molecule has 0 amide bonds. The van der Waals surface area contributed by atoms with Gasteiger partial charge in [-0.15, -0.1) is 0 Å². The average molecular weight is 328 g/mol. The summed E-state index contributed by atoms with van der Waals surface area (Å²) in [4.78, 5) is 10.4. The van der Waals surface area contributed by atoms with Gasteiger partial charge in [-0.2, -0.15) is 10.1 Å². The van der Waals surface area contributed by atoms with Crippen LogP contribution in [0.1, 0.15) is 25.3 Å². The Kier molecular flexibility index (Phi) is 4.68. The molecule has 0 aliphatic heterocycles. The van der Waals surface area contributed by atoms with Crippen LogP contribution in [0.3, 0.4) is 0 Å². The van der Waals surface area contributed by atoms with Crippen LogP contribution in [0.4, 0.5) is 0 Å². The smallest absolute Gasteiger partial charge is 0.241 e. The second kappa shape index (κ2) is 6.90. The summed E-state index contributed by atoms with van der Waals surface area (Å²) < 4.78 is 5.30. The maximum absolute atomic E-state index is 10.2. The van der Waals surface area contributed by atoms with Gasteiger partial charge < -0.3 is 9.63 Å². The van der Waals surface area contributed by atoms with Crippen molar-refractivity contribution in [2.24, 2.45) is 0 Å². The van der Waals surface area contributed by atoms with E-state index in [-0.39, 0.29) is 0 Å². The summed E-state index contributed by atoms with van der Waals surface area (Å²) in [7, 11) is 0. The molecule has 0 saturated carbocycles. The first-order valence-corrected chi connectivity index (χ1v) is 7.66. The first kappa shape index (κ1) is 16.3. The van der Waals surface area contributed by atoms with Crippen LogP contribution in [-0.4, -0.2) is 47.5 Å². The third-order valence-corrected chi connectivity index (χ3v) is 3.31. The van der Waals surface area contributed by atoms with Crippen molar-refractivity contribution in [2.45, 2.75) is 32.5 Å². The van der Waals surface area contributed by atoms with Crippen LogP contribution in [0.25, 0.3) is 11.6 Å². The van der Waals surface area contributed by atoms with E-state index in [1.807, 2.05) is 30.3 Å². The summed E-state index contributed by atoms with van der Waals surface area (Å²) in [5.41, 5.74) is 0.319. The van der Waals surface area contributed by atoms with Gasteiger partial charge in [0.1, 0.15) is 6.33 Å². The summed E-state index contributed by atoms with van der Waals surface area (Å²) in [6.45, 7) is 5.13. The molecule has 0 aliphatic rings. The zero-order chi connectivity index (χ0) is 17.0. The lowest BCUT2D eigenvalue weighted by molar-refractivity contribution is 0.0273. The number of nitrogens with one attached hydrogen (secondary N) is 1. The normalized spacial score (nSPS) is 12.0. The molecular formula is C16H20N6O2. The fourth-order valence-electron chi connectivity index (χ4n) is 2.48. The summed E-state index contributed by atoms with van der Waals surface area (Å²) in [6.07, 6.45) is 1.39. The molecular weight excluding hydrogens is 308 g/mol. The molecule has 0 radical (unpaired) electrons. The van der Waals surface area contributed by atoms with Gasteiger partial charge in [-0.05, 0) is 19.4 Å². The highest BCUT2D eigenvalue weighted by atomic mass is 16.5. The van der Waals surface area contributed by atoms with Gasteiger partial charge in [-0.1, -0.05) is 35.5 Å². The van der Waals surface area contributed by atoms with Crippen LogP contribution in [0, 0.1) is 0 Å². The summed E-state index contributed by atoms with van der Waals surface area (Å²) >= 11 is 0. The standard InChI is InChI=1S/C16H20N6O2/c1-16(2,23)10-22(8-12-6-4-3-5-7-12)9-13-19-15(21-24-13)14-17-11-18-20-14/h3-7,11,23H,8-10H2,1-2H3,(H,17,18,20). The Morgan fingerprint density at radius 3 is 2.67 bits per heavy atom. The second-order valence-electron chi connectivity index (χ2n) is 6.29. The van der Waals surface area contributed by atoms with Gasteiger partial charge in [0.15, 0.2) is 5.82 Å². The number of nitrogens with zero attached hydrogens (tertiary/aromatic N) is 5. The van der Waals surface area contributed by atoms with Crippen molar-refractivity contribution in [1.82, 2.24) is 30.2 Å². The van der Waals surface area contributed by atoms with Gasteiger partial charge >= 0.3 is 0 Å². The number of aromatic nitrogens is 5. The van der Waals surface area contributed by atoms with E-state index < -0.39 is 5.60 Å². The first-order valence-electron chi connectivity index (χ1n) is 7.66. The van der Waals surface area contributed by atoms with Gasteiger partial charge in [0.05, 0.1) is 12.1 Å². The van der Waals surface area contributed by atoms with Gasteiger partial charge in [0.2, 0.25) is 11.7 Å². The Bertz CT molecular complexity index is 748. The molecule has 0 bridgehead atoms. The molecule has 0 saturated heterocycles. The number of aliphatic hydroxyl groups is 1. The highest BCUT2D eigenvalue weighted by Gasteiger charge is 2.21. The average Bonchev–Trinajstić information content (AvgIpc) is 3.17. The van der Waals surface area contributed by atoms with Crippen molar-refractivity contribution in [2.75, 3.05) is 6.54 Å².